The number of nitrogens with one attached hydrogen (secondary N) is 1. The van der Waals surface area contributed by atoms with Crippen molar-refractivity contribution in [2.24, 2.45) is 12.0 Å². The van der Waals surface area contributed by atoms with E-state index in [1.54, 1.807) is 6.20 Å². The second kappa shape index (κ2) is 8.60. The molecule has 5 nitrogen and oxygen atoms in total. The summed E-state index contributed by atoms with van der Waals surface area (Å²) in [5, 5.41) is 3.00. The Labute approximate surface area is 192 Å². The van der Waals surface area contributed by atoms with Crippen molar-refractivity contribution >= 4 is 23.0 Å². The number of aryl methyl sites for hydroxylation is 2. The maximum Gasteiger partial charge on any atom is 0.230 e. The summed E-state index contributed by atoms with van der Waals surface area (Å²) in [6, 6.07) is 21.7. The molecule has 1 aromatic heterocycles. The van der Waals surface area contributed by atoms with Crippen LogP contribution in [0.5, 0.6) is 0 Å². The standard InChI is InChI=1S/C28H22N4O/c1-19-15-25-26(17-21(19)12-11-20-7-4-3-5-8-20)31-27(33)18-24(30-25)22-9-6-10-23(16-22)28-29-13-14-32(28)2/h3-10,13-17H,18H2,1-2H3,(H,31,33). The third-order valence-corrected chi connectivity index (χ3v) is 5.59. The molecule has 0 saturated heterocycles. The third-order valence-electron chi connectivity index (χ3n) is 5.59. The van der Waals surface area contributed by atoms with Gasteiger partial charge in [0, 0.05) is 36.1 Å². The average molecular weight is 431 g/mol. The maximum absolute atomic E-state index is 12.7. The van der Waals surface area contributed by atoms with E-state index in [1.807, 2.05) is 91.5 Å². The molecular formula is C28H22N4O. The minimum absolute atomic E-state index is 0.0966. The van der Waals surface area contributed by atoms with Crippen LogP contribution in [0.3, 0.4) is 0 Å². The van der Waals surface area contributed by atoms with Gasteiger partial charge in [-0.15, -0.1) is 0 Å². The SMILES string of the molecule is Cc1cc2c(cc1C#Cc1ccccc1)NC(=O)CC(c1cccc(-c3nccn3C)c1)=N2. The third kappa shape index (κ3) is 4.32. The van der Waals surface area contributed by atoms with Crippen molar-refractivity contribution < 1.29 is 4.79 Å². The summed E-state index contributed by atoms with van der Waals surface area (Å²) in [6.45, 7) is 2.01. The Morgan fingerprint density at radius 2 is 1.79 bits per heavy atom. The van der Waals surface area contributed by atoms with Crippen LogP contribution in [0, 0.1) is 18.8 Å². The van der Waals surface area contributed by atoms with Crippen molar-refractivity contribution in [3.63, 3.8) is 0 Å². The molecule has 3 aromatic carbocycles. The van der Waals surface area contributed by atoms with Crippen molar-refractivity contribution in [3.05, 3.63) is 101 Å². The van der Waals surface area contributed by atoms with Gasteiger partial charge in [0.05, 0.1) is 23.5 Å². The smallest absolute Gasteiger partial charge is 0.230 e. The summed E-state index contributed by atoms with van der Waals surface area (Å²) in [5.74, 6) is 7.19. The molecule has 0 radical (unpaired) electrons. The first-order valence-corrected chi connectivity index (χ1v) is 10.7. The number of anilines is 1. The number of rotatable bonds is 2. The fourth-order valence-corrected chi connectivity index (χ4v) is 3.86. The lowest BCUT2D eigenvalue weighted by Crippen LogP contribution is -2.15. The van der Waals surface area contributed by atoms with Crippen molar-refractivity contribution in [3.8, 4) is 23.2 Å². The van der Waals surface area contributed by atoms with E-state index in [2.05, 4.69) is 22.1 Å². The van der Waals surface area contributed by atoms with Gasteiger partial charge in [-0.25, -0.2) is 4.98 Å². The molecule has 0 unspecified atom stereocenters. The first-order valence-electron chi connectivity index (χ1n) is 10.7. The van der Waals surface area contributed by atoms with E-state index < -0.39 is 0 Å². The summed E-state index contributed by atoms with van der Waals surface area (Å²) in [6.07, 6.45) is 3.88. The number of imidazole rings is 1. The lowest BCUT2D eigenvalue weighted by molar-refractivity contribution is -0.115. The highest BCUT2D eigenvalue weighted by atomic mass is 16.1. The van der Waals surface area contributed by atoms with Crippen LogP contribution in [-0.2, 0) is 11.8 Å². The van der Waals surface area contributed by atoms with E-state index >= 15 is 0 Å². The molecule has 1 amide bonds. The number of hydrogen-bond acceptors (Lipinski definition) is 3. The molecule has 0 aliphatic carbocycles. The number of fused-ring (bicyclic) bond motifs is 1. The summed E-state index contributed by atoms with van der Waals surface area (Å²) in [4.78, 5) is 22.0. The van der Waals surface area contributed by atoms with Crippen LogP contribution in [0.25, 0.3) is 11.4 Å². The molecule has 4 aromatic rings. The highest BCUT2D eigenvalue weighted by molar-refractivity contribution is 6.17. The number of hydrogen-bond donors (Lipinski definition) is 1. The molecule has 1 N–H and O–H groups in total. The summed E-state index contributed by atoms with van der Waals surface area (Å²) in [7, 11) is 1.96. The molecule has 0 fully saturated rings. The Morgan fingerprint density at radius 1 is 0.970 bits per heavy atom. The quantitative estimate of drug-likeness (QED) is 0.441. The minimum Gasteiger partial charge on any atom is -0.334 e. The van der Waals surface area contributed by atoms with Gasteiger partial charge in [0.25, 0.3) is 0 Å². The van der Waals surface area contributed by atoms with Gasteiger partial charge >= 0.3 is 0 Å². The van der Waals surface area contributed by atoms with Crippen LogP contribution in [0.2, 0.25) is 0 Å². The summed E-state index contributed by atoms with van der Waals surface area (Å²) >= 11 is 0. The van der Waals surface area contributed by atoms with E-state index in [9.17, 15) is 4.79 Å². The predicted octanol–water partition coefficient (Wildman–Crippen LogP) is 5.26. The average Bonchev–Trinajstić information content (AvgIpc) is 3.18. The zero-order valence-corrected chi connectivity index (χ0v) is 18.5. The Morgan fingerprint density at radius 3 is 2.58 bits per heavy atom. The van der Waals surface area contributed by atoms with Gasteiger partial charge in [0.1, 0.15) is 5.82 Å². The number of carbonyl (C=O) groups excluding carboxylic acids is 1. The predicted molar refractivity (Wildman–Crippen MR) is 132 cm³/mol. The van der Waals surface area contributed by atoms with Gasteiger partial charge in [-0.1, -0.05) is 48.2 Å². The fourth-order valence-electron chi connectivity index (χ4n) is 3.86. The maximum atomic E-state index is 12.7. The minimum atomic E-state index is -0.0966. The van der Waals surface area contributed by atoms with Crippen molar-refractivity contribution in [1.29, 1.82) is 0 Å². The van der Waals surface area contributed by atoms with Crippen LogP contribution >= 0.6 is 0 Å². The Kier molecular flexibility index (Phi) is 5.34. The van der Waals surface area contributed by atoms with Crippen LogP contribution in [0.4, 0.5) is 11.4 Å². The highest BCUT2D eigenvalue weighted by Crippen LogP contribution is 2.32. The summed E-state index contributed by atoms with van der Waals surface area (Å²) in [5.41, 5.74) is 6.86. The first kappa shape index (κ1) is 20.5. The lowest BCUT2D eigenvalue weighted by atomic mass is 10.0. The molecular weight excluding hydrogens is 408 g/mol. The van der Waals surface area contributed by atoms with E-state index in [0.717, 1.165) is 45.0 Å². The largest absolute Gasteiger partial charge is 0.334 e. The van der Waals surface area contributed by atoms with E-state index in [4.69, 9.17) is 4.99 Å². The fraction of sp³-hybridized carbons (Fsp3) is 0.107. The van der Waals surface area contributed by atoms with Gasteiger partial charge in [-0.05, 0) is 48.4 Å². The number of aromatic nitrogens is 2. The first-order chi connectivity index (χ1) is 16.1. The molecule has 2 heterocycles. The van der Waals surface area contributed by atoms with Crippen LogP contribution < -0.4 is 5.32 Å². The van der Waals surface area contributed by atoms with Gasteiger partial charge < -0.3 is 9.88 Å². The molecule has 33 heavy (non-hydrogen) atoms. The zero-order chi connectivity index (χ0) is 22.8. The molecule has 0 spiro atoms. The molecule has 0 saturated carbocycles. The number of benzene rings is 3. The lowest BCUT2D eigenvalue weighted by Gasteiger charge is -2.08. The van der Waals surface area contributed by atoms with Crippen molar-refractivity contribution in [2.45, 2.75) is 13.3 Å². The number of amides is 1. The van der Waals surface area contributed by atoms with Gasteiger partial charge in [0.15, 0.2) is 0 Å². The number of carbonyl (C=O) groups is 1. The highest BCUT2D eigenvalue weighted by Gasteiger charge is 2.19. The second-order valence-corrected chi connectivity index (χ2v) is 8.03. The topological polar surface area (TPSA) is 59.3 Å². The van der Waals surface area contributed by atoms with Crippen LogP contribution in [-0.4, -0.2) is 21.2 Å². The molecule has 1 aliphatic heterocycles. The molecule has 5 heteroatoms. The second-order valence-electron chi connectivity index (χ2n) is 8.03. The van der Waals surface area contributed by atoms with Crippen LogP contribution in [0.1, 0.15) is 28.7 Å². The monoisotopic (exact) mass is 430 g/mol. The molecule has 160 valence electrons. The molecule has 0 atom stereocenters. The van der Waals surface area contributed by atoms with E-state index in [-0.39, 0.29) is 12.3 Å². The Hall–Kier alpha value is -4.43. The molecule has 1 aliphatic rings. The molecule has 5 rings (SSSR count). The Balaban J connectivity index is 1.53. The zero-order valence-electron chi connectivity index (χ0n) is 18.5. The van der Waals surface area contributed by atoms with Gasteiger partial charge in [0.2, 0.25) is 5.91 Å². The Bertz CT molecular complexity index is 1450. The summed E-state index contributed by atoms with van der Waals surface area (Å²) < 4.78 is 1.97. The van der Waals surface area contributed by atoms with Crippen molar-refractivity contribution in [1.82, 2.24) is 9.55 Å². The normalized spacial score (nSPS) is 12.7. The van der Waals surface area contributed by atoms with E-state index in [1.165, 1.54) is 0 Å². The molecule has 0 bridgehead atoms. The number of nitrogens with zero attached hydrogens (tertiary/aromatic N) is 3. The van der Waals surface area contributed by atoms with Crippen LogP contribution in [0.15, 0.2) is 84.1 Å². The van der Waals surface area contributed by atoms with Gasteiger partial charge in [-0.2, -0.15) is 0 Å². The van der Waals surface area contributed by atoms with E-state index in [0.29, 0.717) is 5.69 Å². The van der Waals surface area contributed by atoms with Gasteiger partial charge in [-0.3, -0.25) is 9.79 Å². The van der Waals surface area contributed by atoms with Crippen molar-refractivity contribution in [2.75, 3.05) is 5.32 Å². The number of aliphatic imine (C=N–C) groups is 1.